The van der Waals surface area contributed by atoms with Gasteiger partial charge in [-0.3, -0.25) is 4.79 Å². The Labute approximate surface area is 157 Å². The first-order chi connectivity index (χ1) is 12.9. The van der Waals surface area contributed by atoms with Crippen LogP contribution in [0.25, 0.3) is 0 Å². The molecule has 146 valence electrons. The predicted octanol–water partition coefficient (Wildman–Crippen LogP) is 2.19. The summed E-state index contributed by atoms with van der Waals surface area (Å²) in [7, 11) is 3.29. The van der Waals surface area contributed by atoms with E-state index >= 15 is 0 Å². The van der Waals surface area contributed by atoms with Crippen LogP contribution in [0.1, 0.15) is 24.1 Å². The molecule has 2 rings (SSSR count). The molecule has 0 radical (unpaired) electrons. The van der Waals surface area contributed by atoms with Gasteiger partial charge in [-0.2, -0.15) is 8.78 Å². The minimum Gasteiger partial charge on any atom is -0.493 e. The molecule has 0 saturated heterocycles. The van der Waals surface area contributed by atoms with Gasteiger partial charge >= 0.3 is 6.61 Å². The lowest BCUT2D eigenvalue weighted by atomic mass is 10.1. The lowest BCUT2D eigenvalue weighted by Gasteiger charge is -2.18. The van der Waals surface area contributed by atoms with E-state index in [4.69, 9.17) is 4.74 Å². The Kier molecular flexibility index (Phi) is 7.55. The van der Waals surface area contributed by atoms with Crippen LogP contribution in [0.15, 0.2) is 48.5 Å². The fourth-order valence-electron chi connectivity index (χ4n) is 2.82. The molecule has 0 aliphatic heterocycles. The number of carbonyl (C=O) groups excluding carboxylic acids is 1. The van der Waals surface area contributed by atoms with Crippen molar-refractivity contribution in [3.63, 3.8) is 0 Å². The Bertz CT molecular complexity index is 741. The van der Waals surface area contributed by atoms with Crippen LogP contribution in [0.4, 0.5) is 8.78 Å². The molecule has 2 N–H and O–H groups in total. The van der Waals surface area contributed by atoms with Gasteiger partial charge in [0.2, 0.25) is 0 Å². The largest absolute Gasteiger partial charge is 0.493 e. The van der Waals surface area contributed by atoms with Crippen LogP contribution >= 0.6 is 0 Å². The Morgan fingerprint density at radius 1 is 1.15 bits per heavy atom. The van der Waals surface area contributed by atoms with Gasteiger partial charge in [0.1, 0.15) is 6.54 Å². The van der Waals surface area contributed by atoms with Crippen LogP contribution < -0.4 is 19.7 Å². The minimum absolute atomic E-state index is 0.0108. The summed E-state index contributed by atoms with van der Waals surface area (Å²) in [6.07, 6.45) is 0. The highest BCUT2D eigenvalue weighted by Gasteiger charge is 2.16. The Morgan fingerprint density at radius 2 is 1.85 bits per heavy atom. The predicted molar refractivity (Wildman–Crippen MR) is 98.1 cm³/mol. The first-order valence-corrected chi connectivity index (χ1v) is 8.66. The van der Waals surface area contributed by atoms with Gasteiger partial charge in [0.15, 0.2) is 18.0 Å². The molecule has 5 nitrogen and oxygen atoms in total. The normalized spacial score (nSPS) is 13.1. The number of benzene rings is 2. The number of hydrogen-bond donors (Lipinski definition) is 2. The Morgan fingerprint density at radius 3 is 2.48 bits per heavy atom. The number of amides is 1. The zero-order valence-electron chi connectivity index (χ0n) is 15.7. The van der Waals surface area contributed by atoms with E-state index in [0.717, 1.165) is 16.0 Å². The third-order valence-electron chi connectivity index (χ3n) is 4.09. The van der Waals surface area contributed by atoms with Gasteiger partial charge in [0, 0.05) is 5.56 Å². The van der Waals surface area contributed by atoms with E-state index in [1.54, 1.807) is 12.1 Å². The molecule has 0 aromatic heterocycles. The molecule has 0 heterocycles. The zero-order chi connectivity index (χ0) is 19.8. The van der Waals surface area contributed by atoms with Crippen LogP contribution in [0.5, 0.6) is 11.5 Å². The number of nitrogens with one attached hydrogen (secondary N) is 2. The van der Waals surface area contributed by atoms with Crippen LogP contribution in [0, 0.1) is 0 Å². The first-order valence-electron chi connectivity index (χ1n) is 8.66. The topological polar surface area (TPSA) is 52.0 Å². The summed E-state index contributed by atoms with van der Waals surface area (Å²) in [4.78, 5) is 13.2. The van der Waals surface area contributed by atoms with Crippen molar-refractivity contribution in [2.45, 2.75) is 26.1 Å². The second kappa shape index (κ2) is 9.87. The monoisotopic (exact) mass is 379 g/mol. The van der Waals surface area contributed by atoms with Gasteiger partial charge in [0.05, 0.1) is 20.2 Å². The SMILES string of the molecule is COc1cc(C[NH+](C)CC(=O)N[C@@H](C)c2ccccc2)ccc1OC(F)F. The summed E-state index contributed by atoms with van der Waals surface area (Å²) in [6.45, 7) is -0.143. The van der Waals surface area contributed by atoms with Crippen molar-refractivity contribution in [3.8, 4) is 11.5 Å². The van der Waals surface area contributed by atoms with Crippen LogP contribution in [0.2, 0.25) is 0 Å². The van der Waals surface area contributed by atoms with E-state index in [1.807, 2.05) is 44.3 Å². The smallest absolute Gasteiger partial charge is 0.387 e. The van der Waals surface area contributed by atoms with Crippen molar-refractivity contribution in [2.24, 2.45) is 0 Å². The number of carbonyl (C=O) groups is 1. The van der Waals surface area contributed by atoms with Crippen molar-refractivity contribution in [3.05, 3.63) is 59.7 Å². The van der Waals surface area contributed by atoms with Gasteiger partial charge in [-0.25, -0.2) is 0 Å². The summed E-state index contributed by atoms with van der Waals surface area (Å²) in [6, 6.07) is 14.5. The Hall–Kier alpha value is -2.67. The second-order valence-corrected chi connectivity index (χ2v) is 6.37. The summed E-state index contributed by atoms with van der Waals surface area (Å²) in [5.74, 6) is 0.166. The van der Waals surface area contributed by atoms with E-state index in [-0.39, 0.29) is 30.0 Å². The lowest BCUT2D eigenvalue weighted by molar-refractivity contribution is -0.885. The molecule has 1 amide bonds. The average molecular weight is 379 g/mol. The van der Waals surface area contributed by atoms with Crippen molar-refractivity contribution >= 4 is 5.91 Å². The van der Waals surface area contributed by atoms with Crippen LogP contribution in [-0.2, 0) is 11.3 Å². The third-order valence-corrected chi connectivity index (χ3v) is 4.09. The van der Waals surface area contributed by atoms with Crippen LogP contribution in [0.3, 0.4) is 0 Å². The molecular weight excluding hydrogens is 354 g/mol. The molecule has 0 aliphatic carbocycles. The molecule has 2 aromatic rings. The highest BCUT2D eigenvalue weighted by atomic mass is 19.3. The number of halogens is 2. The third kappa shape index (κ3) is 6.53. The zero-order valence-corrected chi connectivity index (χ0v) is 15.7. The summed E-state index contributed by atoms with van der Waals surface area (Å²) < 4.78 is 34.3. The summed E-state index contributed by atoms with van der Waals surface area (Å²) >= 11 is 0. The maximum Gasteiger partial charge on any atom is 0.387 e. The molecule has 0 aliphatic rings. The van der Waals surface area contributed by atoms with Crippen molar-refractivity contribution < 1.29 is 27.9 Å². The fraction of sp³-hybridized carbons (Fsp3) is 0.350. The number of methoxy groups -OCH3 is 1. The van der Waals surface area contributed by atoms with Gasteiger partial charge < -0.3 is 19.7 Å². The lowest BCUT2D eigenvalue weighted by Crippen LogP contribution is -3.08. The highest BCUT2D eigenvalue weighted by molar-refractivity contribution is 5.77. The molecule has 2 aromatic carbocycles. The van der Waals surface area contributed by atoms with Crippen molar-refractivity contribution in [2.75, 3.05) is 20.7 Å². The van der Waals surface area contributed by atoms with Crippen molar-refractivity contribution in [1.82, 2.24) is 5.32 Å². The molecular formula is C20H25F2N2O3+. The van der Waals surface area contributed by atoms with Gasteiger partial charge in [-0.05, 0) is 30.7 Å². The first kappa shape index (κ1) is 20.6. The number of hydrogen-bond acceptors (Lipinski definition) is 3. The van der Waals surface area contributed by atoms with E-state index < -0.39 is 6.61 Å². The quantitative estimate of drug-likeness (QED) is 0.702. The van der Waals surface area contributed by atoms with Gasteiger partial charge in [-0.15, -0.1) is 0 Å². The van der Waals surface area contributed by atoms with E-state index in [2.05, 4.69) is 10.1 Å². The van der Waals surface area contributed by atoms with Crippen molar-refractivity contribution in [1.29, 1.82) is 0 Å². The highest BCUT2D eigenvalue weighted by Crippen LogP contribution is 2.29. The molecule has 1 unspecified atom stereocenters. The fourth-order valence-corrected chi connectivity index (χ4v) is 2.82. The second-order valence-electron chi connectivity index (χ2n) is 6.37. The number of ether oxygens (including phenoxy) is 2. The maximum atomic E-state index is 12.4. The molecule has 0 spiro atoms. The minimum atomic E-state index is -2.91. The summed E-state index contributed by atoms with van der Waals surface area (Å²) in [5, 5.41) is 2.98. The average Bonchev–Trinajstić information content (AvgIpc) is 2.63. The molecule has 2 atom stereocenters. The number of likely N-dealkylation sites (N-methyl/N-ethyl adjacent to an activating group) is 1. The number of alkyl halides is 2. The standard InChI is InChI=1S/C20H24F2N2O3/c1-14(16-7-5-4-6-8-16)23-19(25)13-24(2)12-15-9-10-17(27-20(21)22)18(11-15)26-3/h4-11,14,20H,12-13H2,1-3H3,(H,23,25)/p+1/t14-/m0/s1. The van der Waals surface area contributed by atoms with Gasteiger partial charge in [-0.1, -0.05) is 30.3 Å². The maximum absolute atomic E-state index is 12.4. The molecule has 0 bridgehead atoms. The number of rotatable bonds is 9. The summed E-state index contributed by atoms with van der Waals surface area (Å²) in [5.41, 5.74) is 1.90. The molecule has 0 fully saturated rings. The van der Waals surface area contributed by atoms with E-state index in [1.165, 1.54) is 13.2 Å². The van der Waals surface area contributed by atoms with E-state index in [0.29, 0.717) is 6.54 Å². The Balaban J connectivity index is 1.91. The van der Waals surface area contributed by atoms with Gasteiger partial charge in [0.25, 0.3) is 5.91 Å². The van der Waals surface area contributed by atoms with E-state index in [9.17, 15) is 13.6 Å². The van der Waals surface area contributed by atoms with Crippen LogP contribution in [-0.4, -0.2) is 33.2 Å². The molecule has 7 heteroatoms. The number of quaternary nitrogens is 1. The molecule has 0 saturated carbocycles. The molecule has 27 heavy (non-hydrogen) atoms.